The Labute approximate surface area is 211 Å². The van der Waals surface area contributed by atoms with Gasteiger partial charge in [0.05, 0.1) is 35.9 Å². The Hall–Kier alpha value is -3.98. The second-order valence-corrected chi connectivity index (χ2v) is 8.32. The highest BCUT2D eigenvalue weighted by Crippen LogP contribution is 2.36. The molecule has 0 radical (unpaired) electrons. The molecule has 1 aliphatic rings. The molecule has 5 rings (SSSR count). The van der Waals surface area contributed by atoms with Crippen molar-refractivity contribution in [1.29, 1.82) is 0 Å². The SMILES string of the molecule is FC(F)(F)c1cnc(Nc2cc(CN3CCOCC3)nc3nc(-c4ncncc4C(F)(F)F)ccc23)nc1. The van der Waals surface area contributed by atoms with Crippen molar-refractivity contribution in [3.05, 3.63) is 59.9 Å². The van der Waals surface area contributed by atoms with Crippen molar-refractivity contribution in [2.45, 2.75) is 18.9 Å². The van der Waals surface area contributed by atoms with E-state index in [1.54, 1.807) is 6.07 Å². The van der Waals surface area contributed by atoms with Crippen LogP contribution in [0, 0.1) is 0 Å². The van der Waals surface area contributed by atoms with Crippen molar-refractivity contribution in [1.82, 2.24) is 34.8 Å². The molecule has 1 N–H and O–H groups in total. The molecule has 0 saturated carbocycles. The number of fused-ring (bicyclic) bond motifs is 1. The molecule has 9 nitrogen and oxygen atoms in total. The molecule has 5 heterocycles. The van der Waals surface area contributed by atoms with Crippen LogP contribution in [-0.4, -0.2) is 61.1 Å². The summed E-state index contributed by atoms with van der Waals surface area (Å²) in [5.41, 5.74) is -1.53. The number of nitrogens with one attached hydrogen (secondary N) is 1. The summed E-state index contributed by atoms with van der Waals surface area (Å²) in [5.74, 6) is -0.109. The van der Waals surface area contributed by atoms with Crippen molar-refractivity contribution in [3.63, 3.8) is 0 Å². The molecule has 1 saturated heterocycles. The summed E-state index contributed by atoms with van der Waals surface area (Å²) < 4.78 is 84.7. The highest BCUT2D eigenvalue weighted by molar-refractivity contribution is 5.91. The van der Waals surface area contributed by atoms with Gasteiger partial charge in [0.2, 0.25) is 5.95 Å². The van der Waals surface area contributed by atoms with Crippen LogP contribution in [0.15, 0.2) is 43.1 Å². The number of pyridine rings is 2. The van der Waals surface area contributed by atoms with Gasteiger partial charge in [0.1, 0.15) is 17.6 Å². The molecule has 1 fully saturated rings. The van der Waals surface area contributed by atoms with E-state index < -0.39 is 29.2 Å². The van der Waals surface area contributed by atoms with Gasteiger partial charge in [-0.15, -0.1) is 0 Å². The zero-order valence-electron chi connectivity index (χ0n) is 19.4. The minimum Gasteiger partial charge on any atom is -0.379 e. The molecule has 0 bridgehead atoms. The normalized spacial score (nSPS) is 15.1. The Morgan fingerprint density at radius 2 is 1.63 bits per heavy atom. The molecule has 4 aromatic rings. The Balaban J connectivity index is 1.57. The quantitative estimate of drug-likeness (QED) is 0.370. The minimum atomic E-state index is -4.70. The van der Waals surface area contributed by atoms with Gasteiger partial charge in [-0.25, -0.2) is 29.9 Å². The lowest BCUT2D eigenvalue weighted by atomic mass is 10.1. The first-order chi connectivity index (χ1) is 18.1. The molecule has 0 spiro atoms. The summed E-state index contributed by atoms with van der Waals surface area (Å²) in [6.45, 7) is 2.75. The van der Waals surface area contributed by atoms with Crippen LogP contribution in [0.1, 0.15) is 16.8 Å². The molecule has 0 aromatic carbocycles. The van der Waals surface area contributed by atoms with Gasteiger partial charge in [0, 0.05) is 43.6 Å². The van der Waals surface area contributed by atoms with Gasteiger partial charge < -0.3 is 10.1 Å². The summed E-state index contributed by atoms with van der Waals surface area (Å²) in [6, 6.07) is 4.52. The molecular weight excluding hydrogens is 518 g/mol. The van der Waals surface area contributed by atoms with Gasteiger partial charge >= 0.3 is 12.4 Å². The number of halogens is 6. The third-order valence-electron chi connectivity index (χ3n) is 5.70. The highest BCUT2D eigenvalue weighted by atomic mass is 19.4. The third kappa shape index (κ3) is 5.62. The average Bonchev–Trinajstić information content (AvgIpc) is 2.88. The van der Waals surface area contributed by atoms with E-state index in [9.17, 15) is 26.3 Å². The predicted molar refractivity (Wildman–Crippen MR) is 122 cm³/mol. The van der Waals surface area contributed by atoms with Crippen LogP contribution in [-0.2, 0) is 23.6 Å². The zero-order chi connectivity index (χ0) is 26.9. The molecule has 0 amide bonds. The van der Waals surface area contributed by atoms with E-state index in [2.05, 4.69) is 40.1 Å². The van der Waals surface area contributed by atoms with Crippen LogP contribution in [0.3, 0.4) is 0 Å². The van der Waals surface area contributed by atoms with Crippen LogP contribution >= 0.6 is 0 Å². The monoisotopic (exact) mass is 536 g/mol. The molecule has 0 unspecified atom stereocenters. The van der Waals surface area contributed by atoms with Gasteiger partial charge in [-0.1, -0.05) is 0 Å². The molecular formula is C23H18F6N8O. The fourth-order valence-corrected chi connectivity index (χ4v) is 3.86. The van der Waals surface area contributed by atoms with Crippen molar-refractivity contribution in [2.24, 2.45) is 0 Å². The van der Waals surface area contributed by atoms with Gasteiger partial charge in [0.15, 0.2) is 5.65 Å². The van der Waals surface area contributed by atoms with Crippen molar-refractivity contribution >= 4 is 22.7 Å². The Bertz CT molecular complexity index is 1440. The number of hydrogen-bond donors (Lipinski definition) is 1. The molecule has 198 valence electrons. The maximum absolute atomic E-state index is 13.5. The first kappa shape index (κ1) is 25.7. The fourth-order valence-electron chi connectivity index (χ4n) is 3.86. The van der Waals surface area contributed by atoms with E-state index in [-0.39, 0.29) is 17.3 Å². The largest absolute Gasteiger partial charge is 0.420 e. The Kier molecular flexibility index (Phi) is 6.79. The number of aromatic nitrogens is 6. The number of morpholine rings is 1. The summed E-state index contributed by atoms with van der Waals surface area (Å²) in [4.78, 5) is 25.7. The van der Waals surface area contributed by atoms with Crippen LogP contribution in [0.4, 0.5) is 38.0 Å². The Morgan fingerprint density at radius 3 is 2.32 bits per heavy atom. The molecule has 4 aromatic heterocycles. The van der Waals surface area contributed by atoms with Crippen molar-refractivity contribution in [3.8, 4) is 11.4 Å². The van der Waals surface area contributed by atoms with E-state index in [1.807, 2.05) is 0 Å². The summed E-state index contributed by atoms with van der Waals surface area (Å²) in [6.07, 6.45) is -6.33. The summed E-state index contributed by atoms with van der Waals surface area (Å²) >= 11 is 0. The molecule has 15 heteroatoms. The number of nitrogens with zero attached hydrogens (tertiary/aromatic N) is 7. The molecule has 0 atom stereocenters. The van der Waals surface area contributed by atoms with Crippen LogP contribution in [0.5, 0.6) is 0 Å². The van der Waals surface area contributed by atoms with E-state index in [4.69, 9.17) is 4.74 Å². The topological polar surface area (TPSA) is 102 Å². The smallest absolute Gasteiger partial charge is 0.379 e. The standard InChI is InChI=1S/C23H18F6N8O/c24-22(25,26)13-8-31-21(32-9-13)36-18-7-14(11-37-3-5-38-6-4-37)34-20-15(18)1-2-17(35-20)19-16(23(27,28)29)10-30-12-33-19/h1-2,7-10,12H,3-6,11H2,(H,31,32,34,35,36). The van der Waals surface area contributed by atoms with E-state index in [0.29, 0.717) is 68.2 Å². The van der Waals surface area contributed by atoms with E-state index in [1.165, 1.54) is 12.1 Å². The lowest BCUT2D eigenvalue weighted by Crippen LogP contribution is -2.35. The number of ether oxygens (including phenoxy) is 1. The summed E-state index contributed by atoms with van der Waals surface area (Å²) in [5, 5.41) is 3.27. The van der Waals surface area contributed by atoms with Gasteiger partial charge in [-0.2, -0.15) is 26.3 Å². The zero-order valence-corrected chi connectivity index (χ0v) is 19.4. The number of rotatable bonds is 5. The maximum Gasteiger partial charge on any atom is 0.420 e. The summed E-state index contributed by atoms with van der Waals surface area (Å²) in [7, 11) is 0. The molecule has 38 heavy (non-hydrogen) atoms. The van der Waals surface area contributed by atoms with Gasteiger partial charge in [-0.3, -0.25) is 4.90 Å². The molecule has 1 aliphatic heterocycles. The van der Waals surface area contributed by atoms with Crippen LogP contribution in [0.25, 0.3) is 22.4 Å². The lowest BCUT2D eigenvalue weighted by molar-refractivity contribution is -0.138. The van der Waals surface area contributed by atoms with Gasteiger partial charge in [-0.05, 0) is 18.2 Å². The van der Waals surface area contributed by atoms with Crippen LogP contribution < -0.4 is 5.32 Å². The van der Waals surface area contributed by atoms with Gasteiger partial charge in [0.25, 0.3) is 0 Å². The van der Waals surface area contributed by atoms with E-state index >= 15 is 0 Å². The first-order valence-corrected chi connectivity index (χ1v) is 11.2. The predicted octanol–water partition coefficient (Wildman–Crippen LogP) is 4.49. The Morgan fingerprint density at radius 1 is 0.895 bits per heavy atom. The first-order valence-electron chi connectivity index (χ1n) is 11.2. The molecule has 0 aliphatic carbocycles. The van der Waals surface area contributed by atoms with Crippen molar-refractivity contribution < 1.29 is 31.1 Å². The lowest BCUT2D eigenvalue weighted by Gasteiger charge is -2.26. The second kappa shape index (κ2) is 10.1. The highest BCUT2D eigenvalue weighted by Gasteiger charge is 2.35. The van der Waals surface area contributed by atoms with Crippen molar-refractivity contribution in [2.75, 3.05) is 31.6 Å². The fraction of sp³-hybridized carbons (Fsp3) is 0.304. The number of anilines is 2. The number of alkyl halides is 6. The number of hydrogen-bond acceptors (Lipinski definition) is 9. The average molecular weight is 536 g/mol. The van der Waals surface area contributed by atoms with Crippen LogP contribution in [0.2, 0.25) is 0 Å². The third-order valence-corrected chi connectivity index (χ3v) is 5.70. The minimum absolute atomic E-state index is 0.0695. The second-order valence-electron chi connectivity index (χ2n) is 8.32. The maximum atomic E-state index is 13.5. The van der Waals surface area contributed by atoms with E-state index in [0.717, 1.165) is 6.33 Å².